The van der Waals surface area contributed by atoms with Crippen molar-refractivity contribution in [1.82, 2.24) is 10.6 Å². The van der Waals surface area contributed by atoms with Gasteiger partial charge in [-0.25, -0.2) is 4.39 Å². The molecule has 1 unspecified atom stereocenters. The Balaban J connectivity index is 1.40. The van der Waals surface area contributed by atoms with Gasteiger partial charge < -0.3 is 25.2 Å². The molecule has 3 N–H and O–H groups in total. The van der Waals surface area contributed by atoms with Crippen molar-refractivity contribution in [2.24, 2.45) is 5.92 Å². The normalized spacial score (nSPS) is 26.4. The molecule has 0 heterocycles. The molecular formula is C21H26F6N2O4. The van der Waals surface area contributed by atoms with Gasteiger partial charge in [0, 0.05) is 24.1 Å². The van der Waals surface area contributed by atoms with Crippen molar-refractivity contribution in [3.63, 3.8) is 0 Å². The predicted octanol–water partition coefficient (Wildman–Crippen LogP) is 3.52. The molecule has 2 aliphatic carbocycles. The Morgan fingerprint density at radius 1 is 1.09 bits per heavy atom. The Kier molecular flexibility index (Phi) is 8.33. The highest BCUT2D eigenvalue weighted by Crippen LogP contribution is 2.37. The average Bonchev–Trinajstić information content (AvgIpc) is 2.70. The first-order valence-electron chi connectivity index (χ1n) is 10.7. The Hall–Kier alpha value is -2.21. The standard InChI is InChI=1S/C21H26F6N2O4/c22-12-1-6-16(33-20(23)24)17(9-12)32-15-7-11(8-15)19(31)29-14-4-2-13(3-5-14)28-18(10-30)21(25,26)27/h1,6,9,11,13-15,18,20,28,30H,2-5,7-8,10H2,(H,29,31)/t11-,13-,14-,15-,18?. The predicted molar refractivity (Wildman–Crippen MR) is 104 cm³/mol. The highest BCUT2D eigenvalue weighted by Gasteiger charge is 2.41. The maximum atomic E-state index is 13.4. The van der Waals surface area contributed by atoms with Crippen LogP contribution in [0.15, 0.2) is 18.2 Å². The second-order valence-electron chi connectivity index (χ2n) is 8.38. The van der Waals surface area contributed by atoms with E-state index in [-0.39, 0.29) is 29.4 Å². The van der Waals surface area contributed by atoms with E-state index >= 15 is 0 Å². The minimum atomic E-state index is -4.53. The summed E-state index contributed by atoms with van der Waals surface area (Å²) in [5, 5.41) is 14.2. The number of halogens is 6. The molecule has 1 atom stereocenters. The lowest BCUT2D eigenvalue weighted by atomic mass is 9.81. The summed E-state index contributed by atoms with van der Waals surface area (Å²) in [4.78, 5) is 12.4. The van der Waals surface area contributed by atoms with Crippen molar-refractivity contribution in [2.75, 3.05) is 6.61 Å². The summed E-state index contributed by atoms with van der Waals surface area (Å²) in [5.74, 6) is -1.70. The van der Waals surface area contributed by atoms with Crippen molar-refractivity contribution in [2.45, 2.75) is 75.5 Å². The molecule has 2 fully saturated rings. The van der Waals surface area contributed by atoms with Gasteiger partial charge >= 0.3 is 12.8 Å². The fraction of sp³-hybridized carbons (Fsp3) is 0.667. The van der Waals surface area contributed by atoms with Gasteiger partial charge in [0.15, 0.2) is 11.5 Å². The number of aliphatic hydroxyl groups is 1. The second kappa shape index (κ2) is 10.8. The van der Waals surface area contributed by atoms with Gasteiger partial charge in [-0.3, -0.25) is 4.79 Å². The number of hydrogen-bond acceptors (Lipinski definition) is 5. The zero-order valence-electron chi connectivity index (χ0n) is 17.6. The number of rotatable bonds is 9. The van der Waals surface area contributed by atoms with E-state index in [9.17, 15) is 31.1 Å². The second-order valence-corrected chi connectivity index (χ2v) is 8.38. The number of carbonyl (C=O) groups excluding carboxylic acids is 1. The first-order valence-corrected chi connectivity index (χ1v) is 10.7. The molecule has 0 spiro atoms. The average molecular weight is 484 g/mol. The summed E-state index contributed by atoms with van der Waals surface area (Å²) >= 11 is 0. The number of hydrogen-bond donors (Lipinski definition) is 3. The summed E-state index contributed by atoms with van der Waals surface area (Å²) in [6, 6.07) is 0.432. The molecule has 2 aliphatic rings. The molecule has 1 aromatic carbocycles. The highest BCUT2D eigenvalue weighted by atomic mass is 19.4. The fourth-order valence-electron chi connectivity index (χ4n) is 4.08. The Morgan fingerprint density at radius 2 is 1.73 bits per heavy atom. The fourth-order valence-corrected chi connectivity index (χ4v) is 4.08. The minimum Gasteiger partial charge on any atom is -0.486 e. The molecule has 12 heteroatoms. The Bertz CT molecular complexity index is 795. The summed E-state index contributed by atoms with van der Waals surface area (Å²) in [7, 11) is 0. The maximum Gasteiger partial charge on any atom is 0.406 e. The number of alkyl halides is 5. The van der Waals surface area contributed by atoms with Crippen LogP contribution in [0, 0.1) is 11.7 Å². The third-order valence-corrected chi connectivity index (χ3v) is 5.97. The lowest BCUT2D eigenvalue weighted by Crippen LogP contribution is -2.52. The largest absolute Gasteiger partial charge is 0.486 e. The summed E-state index contributed by atoms with van der Waals surface area (Å²) < 4.78 is 86.6. The van der Waals surface area contributed by atoms with Gasteiger partial charge in [0.05, 0.1) is 6.61 Å². The van der Waals surface area contributed by atoms with Crippen LogP contribution in [0.3, 0.4) is 0 Å². The van der Waals surface area contributed by atoms with E-state index in [4.69, 9.17) is 9.84 Å². The van der Waals surface area contributed by atoms with Crippen molar-refractivity contribution in [1.29, 1.82) is 0 Å². The molecule has 3 rings (SSSR count). The van der Waals surface area contributed by atoms with Crippen molar-refractivity contribution >= 4 is 5.91 Å². The Labute approximate surface area is 186 Å². The van der Waals surface area contributed by atoms with E-state index in [1.807, 2.05) is 0 Å². The van der Waals surface area contributed by atoms with E-state index in [0.717, 1.165) is 18.2 Å². The zero-order chi connectivity index (χ0) is 24.2. The van der Waals surface area contributed by atoms with E-state index in [2.05, 4.69) is 15.4 Å². The first kappa shape index (κ1) is 25.4. The van der Waals surface area contributed by atoms with Gasteiger partial charge in [-0.05, 0) is 50.7 Å². The molecule has 33 heavy (non-hydrogen) atoms. The van der Waals surface area contributed by atoms with E-state index in [1.165, 1.54) is 0 Å². The monoisotopic (exact) mass is 484 g/mol. The number of nitrogens with one attached hydrogen (secondary N) is 2. The van der Waals surface area contributed by atoms with Gasteiger partial charge in [0.25, 0.3) is 0 Å². The van der Waals surface area contributed by atoms with Gasteiger partial charge in [0.2, 0.25) is 5.91 Å². The summed E-state index contributed by atoms with van der Waals surface area (Å²) in [6.45, 7) is -4.12. The van der Waals surface area contributed by atoms with Gasteiger partial charge in [-0.2, -0.15) is 22.0 Å². The molecule has 0 radical (unpaired) electrons. The molecule has 0 saturated heterocycles. The number of aliphatic hydroxyl groups excluding tert-OH is 1. The van der Waals surface area contributed by atoms with Crippen LogP contribution in [0.25, 0.3) is 0 Å². The maximum absolute atomic E-state index is 13.4. The number of benzene rings is 1. The van der Waals surface area contributed by atoms with E-state index in [1.54, 1.807) is 0 Å². The quantitative estimate of drug-likeness (QED) is 0.468. The van der Waals surface area contributed by atoms with Crippen LogP contribution < -0.4 is 20.1 Å². The topological polar surface area (TPSA) is 79.8 Å². The van der Waals surface area contributed by atoms with Crippen molar-refractivity contribution < 1.29 is 45.7 Å². The SMILES string of the molecule is O=C(N[C@H]1CC[C@H](NC(CO)C(F)(F)F)CC1)[C@H]1C[C@H](Oc2cc(F)ccc2OC(F)F)C1. The van der Waals surface area contributed by atoms with Crippen LogP contribution in [-0.2, 0) is 4.79 Å². The van der Waals surface area contributed by atoms with E-state index < -0.39 is 43.4 Å². The lowest BCUT2D eigenvalue weighted by molar-refractivity contribution is -0.166. The third kappa shape index (κ3) is 7.13. The highest BCUT2D eigenvalue weighted by molar-refractivity contribution is 5.80. The minimum absolute atomic E-state index is 0.162. The number of amides is 1. The lowest BCUT2D eigenvalue weighted by Gasteiger charge is -2.37. The van der Waals surface area contributed by atoms with Crippen molar-refractivity contribution in [3.8, 4) is 11.5 Å². The van der Waals surface area contributed by atoms with Gasteiger partial charge in [-0.15, -0.1) is 0 Å². The Morgan fingerprint density at radius 3 is 2.30 bits per heavy atom. The smallest absolute Gasteiger partial charge is 0.406 e. The number of ether oxygens (including phenoxy) is 2. The zero-order valence-corrected chi connectivity index (χ0v) is 17.6. The molecule has 2 saturated carbocycles. The van der Waals surface area contributed by atoms with Crippen LogP contribution >= 0.6 is 0 Å². The molecule has 186 valence electrons. The molecule has 1 amide bonds. The molecule has 0 aliphatic heterocycles. The summed E-state index contributed by atoms with van der Waals surface area (Å²) in [5.41, 5.74) is 0. The molecule has 0 bridgehead atoms. The molecule has 1 aromatic rings. The van der Waals surface area contributed by atoms with Crippen molar-refractivity contribution in [3.05, 3.63) is 24.0 Å². The summed E-state index contributed by atoms with van der Waals surface area (Å²) in [6.07, 6.45) is -2.48. The first-order chi connectivity index (χ1) is 15.5. The van der Waals surface area contributed by atoms with Crippen LogP contribution in [0.1, 0.15) is 38.5 Å². The van der Waals surface area contributed by atoms with Crippen LogP contribution in [0.2, 0.25) is 0 Å². The third-order valence-electron chi connectivity index (χ3n) is 5.97. The molecule has 0 aromatic heterocycles. The van der Waals surface area contributed by atoms with E-state index in [0.29, 0.717) is 38.5 Å². The van der Waals surface area contributed by atoms with Crippen LogP contribution in [0.4, 0.5) is 26.3 Å². The van der Waals surface area contributed by atoms with Crippen LogP contribution in [-0.4, -0.2) is 54.6 Å². The molecule has 6 nitrogen and oxygen atoms in total. The van der Waals surface area contributed by atoms with Gasteiger partial charge in [0.1, 0.15) is 18.0 Å². The van der Waals surface area contributed by atoms with Crippen LogP contribution in [0.5, 0.6) is 11.5 Å². The number of carbonyl (C=O) groups is 1. The molecular weight excluding hydrogens is 458 g/mol. The van der Waals surface area contributed by atoms with Gasteiger partial charge in [-0.1, -0.05) is 0 Å².